The lowest BCUT2D eigenvalue weighted by Crippen LogP contribution is -2.58. The molecule has 2 bridgehead atoms. The SMILES string of the molecule is C[C@@H]1[C@H](C)CCC[C@@H]1NC(=O)[C@@H]1N(CCc2ccc(Cl)cc2)C(=O)[C@@H]2[C@@H](C(=O)Nc3ccc(F)c(Cl)c3)[C@@H]3C=C[C@]21O3. The van der Waals surface area contributed by atoms with Gasteiger partial charge in [-0.2, -0.15) is 0 Å². The second kappa shape index (κ2) is 11.3. The van der Waals surface area contributed by atoms with Gasteiger partial charge in [-0.25, -0.2) is 4.39 Å². The fourth-order valence-corrected chi connectivity index (χ4v) is 7.56. The molecule has 0 unspecified atom stereocenters. The quantitative estimate of drug-likeness (QED) is 0.409. The number of carbonyl (C=O) groups is 3. The van der Waals surface area contributed by atoms with Crippen LogP contribution < -0.4 is 10.6 Å². The van der Waals surface area contributed by atoms with Crippen LogP contribution in [-0.4, -0.2) is 53.0 Å². The number of fused-ring (bicyclic) bond motifs is 1. The van der Waals surface area contributed by atoms with E-state index in [9.17, 15) is 18.8 Å². The van der Waals surface area contributed by atoms with Gasteiger partial charge in [0.15, 0.2) is 0 Å². The molecule has 3 amide bonds. The Morgan fingerprint density at radius 2 is 1.86 bits per heavy atom. The number of anilines is 1. The molecule has 3 fully saturated rings. The summed E-state index contributed by atoms with van der Waals surface area (Å²) in [5.74, 6) is -2.56. The number of likely N-dealkylation sites (tertiary alicyclic amines) is 1. The highest BCUT2D eigenvalue weighted by atomic mass is 35.5. The molecule has 4 aliphatic rings. The van der Waals surface area contributed by atoms with Crippen molar-refractivity contribution in [3.05, 3.63) is 76.0 Å². The average molecular weight is 615 g/mol. The van der Waals surface area contributed by atoms with Gasteiger partial charge in [-0.15, -0.1) is 0 Å². The summed E-state index contributed by atoms with van der Waals surface area (Å²) in [5, 5.41) is 6.54. The first-order valence-electron chi connectivity index (χ1n) is 14.6. The predicted molar refractivity (Wildman–Crippen MR) is 159 cm³/mol. The Balaban J connectivity index is 1.30. The van der Waals surface area contributed by atoms with Crippen molar-refractivity contribution in [1.29, 1.82) is 0 Å². The number of rotatable bonds is 7. The van der Waals surface area contributed by atoms with Gasteiger partial charge in [0.25, 0.3) is 0 Å². The first kappa shape index (κ1) is 29.1. The highest BCUT2D eigenvalue weighted by molar-refractivity contribution is 6.31. The zero-order chi connectivity index (χ0) is 29.8. The molecule has 8 atom stereocenters. The van der Waals surface area contributed by atoms with Gasteiger partial charge in [0, 0.05) is 23.3 Å². The number of nitrogens with one attached hydrogen (secondary N) is 2. The largest absolute Gasteiger partial charge is 0.359 e. The Kier molecular flexibility index (Phi) is 7.83. The van der Waals surface area contributed by atoms with E-state index in [0.717, 1.165) is 24.8 Å². The lowest BCUT2D eigenvalue weighted by atomic mass is 9.73. The van der Waals surface area contributed by atoms with Gasteiger partial charge in [0.1, 0.15) is 17.5 Å². The van der Waals surface area contributed by atoms with E-state index in [1.54, 1.807) is 29.2 Å². The van der Waals surface area contributed by atoms with Gasteiger partial charge in [-0.1, -0.05) is 74.2 Å². The molecule has 42 heavy (non-hydrogen) atoms. The van der Waals surface area contributed by atoms with Crippen molar-refractivity contribution >= 4 is 46.6 Å². The van der Waals surface area contributed by atoms with Crippen LogP contribution in [0.1, 0.15) is 38.7 Å². The monoisotopic (exact) mass is 613 g/mol. The number of benzene rings is 2. The summed E-state index contributed by atoms with van der Waals surface area (Å²) in [6.07, 6.45) is 6.45. The van der Waals surface area contributed by atoms with Crippen LogP contribution in [0.15, 0.2) is 54.6 Å². The number of ether oxygens (including phenoxy) is 1. The van der Waals surface area contributed by atoms with Crippen LogP contribution in [-0.2, 0) is 25.5 Å². The number of amides is 3. The topological polar surface area (TPSA) is 87.7 Å². The zero-order valence-corrected chi connectivity index (χ0v) is 25.0. The molecule has 0 radical (unpaired) electrons. The molecule has 222 valence electrons. The lowest BCUT2D eigenvalue weighted by Gasteiger charge is -2.38. The molecular formula is C32H34Cl2FN3O4. The highest BCUT2D eigenvalue weighted by Gasteiger charge is 2.72. The minimum atomic E-state index is -1.27. The van der Waals surface area contributed by atoms with Gasteiger partial charge in [0.2, 0.25) is 17.7 Å². The van der Waals surface area contributed by atoms with Crippen LogP contribution in [0.3, 0.4) is 0 Å². The van der Waals surface area contributed by atoms with Crippen LogP contribution in [0.25, 0.3) is 0 Å². The highest BCUT2D eigenvalue weighted by Crippen LogP contribution is 2.55. The number of nitrogens with zero attached hydrogens (tertiary/aromatic N) is 1. The van der Waals surface area contributed by atoms with E-state index in [1.807, 2.05) is 12.1 Å². The summed E-state index contributed by atoms with van der Waals surface area (Å²) in [4.78, 5) is 43.6. The Labute approximate surface area is 254 Å². The molecule has 2 N–H and O–H groups in total. The summed E-state index contributed by atoms with van der Waals surface area (Å²) >= 11 is 12.0. The number of halogens is 3. The average Bonchev–Trinajstić information content (AvgIpc) is 3.60. The third-order valence-electron chi connectivity index (χ3n) is 9.70. The lowest BCUT2D eigenvalue weighted by molar-refractivity contribution is -0.141. The van der Waals surface area contributed by atoms with E-state index < -0.39 is 41.3 Å². The van der Waals surface area contributed by atoms with Gasteiger partial charge < -0.3 is 20.3 Å². The van der Waals surface area contributed by atoms with Crippen molar-refractivity contribution in [2.75, 3.05) is 11.9 Å². The van der Waals surface area contributed by atoms with Crippen LogP contribution in [0.5, 0.6) is 0 Å². The van der Waals surface area contributed by atoms with Crippen molar-refractivity contribution in [3.8, 4) is 0 Å². The second-order valence-corrected chi connectivity index (χ2v) is 13.0. The van der Waals surface area contributed by atoms with Crippen LogP contribution in [0.2, 0.25) is 10.0 Å². The van der Waals surface area contributed by atoms with Gasteiger partial charge in [-0.05, 0) is 60.6 Å². The fraction of sp³-hybridized carbons (Fsp3) is 0.469. The van der Waals surface area contributed by atoms with E-state index in [-0.39, 0.29) is 29.4 Å². The Bertz CT molecular complexity index is 1440. The third kappa shape index (κ3) is 5.01. The summed E-state index contributed by atoms with van der Waals surface area (Å²) in [5.41, 5.74) is 0.0171. The molecule has 10 heteroatoms. The molecule has 3 aliphatic heterocycles. The molecule has 1 saturated carbocycles. The van der Waals surface area contributed by atoms with Crippen molar-refractivity contribution in [1.82, 2.24) is 10.2 Å². The first-order chi connectivity index (χ1) is 20.1. The summed E-state index contributed by atoms with van der Waals surface area (Å²) in [7, 11) is 0. The van der Waals surface area contributed by atoms with E-state index in [4.69, 9.17) is 27.9 Å². The second-order valence-electron chi connectivity index (χ2n) is 12.1. The number of hydrogen-bond donors (Lipinski definition) is 2. The minimum absolute atomic E-state index is 0.00480. The van der Waals surface area contributed by atoms with E-state index >= 15 is 0 Å². The molecule has 3 heterocycles. The van der Waals surface area contributed by atoms with Crippen molar-refractivity contribution in [2.24, 2.45) is 23.7 Å². The van der Waals surface area contributed by atoms with Crippen molar-refractivity contribution in [2.45, 2.75) is 63.3 Å². The molecule has 2 saturated heterocycles. The normalized spacial score (nSPS) is 33.1. The molecule has 7 nitrogen and oxygen atoms in total. The summed E-state index contributed by atoms with van der Waals surface area (Å²) < 4.78 is 20.1. The molecule has 0 aromatic heterocycles. The number of carbonyl (C=O) groups excluding carboxylic acids is 3. The van der Waals surface area contributed by atoms with Gasteiger partial charge in [0.05, 0.1) is 23.0 Å². The predicted octanol–water partition coefficient (Wildman–Crippen LogP) is 5.41. The molecule has 6 rings (SSSR count). The minimum Gasteiger partial charge on any atom is -0.359 e. The van der Waals surface area contributed by atoms with Gasteiger partial charge >= 0.3 is 0 Å². The fourth-order valence-electron chi connectivity index (χ4n) is 7.26. The molecule has 1 aliphatic carbocycles. The zero-order valence-electron chi connectivity index (χ0n) is 23.5. The maximum atomic E-state index is 14.2. The summed E-state index contributed by atoms with van der Waals surface area (Å²) in [6, 6.07) is 10.4. The van der Waals surface area contributed by atoms with Crippen molar-refractivity contribution < 1.29 is 23.5 Å². The van der Waals surface area contributed by atoms with Crippen LogP contribution in [0, 0.1) is 29.5 Å². The smallest absolute Gasteiger partial charge is 0.246 e. The third-order valence-corrected chi connectivity index (χ3v) is 10.2. The Hall–Kier alpha value is -2.94. The maximum Gasteiger partial charge on any atom is 0.246 e. The van der Waals surface area contributed by atoms with Crippen LogP contribution in [0.4, 0.5) is 10.1 Å². The number of hydrogen-bond acceptors (Lipinski definition) is 4. The Morgan fingerprint density at radius 1 is 1.10 bits per heavy atom. The summed E-state index contributed by atoms with van der Waals surface area (Å²) in [6.45, 7) is 4.64. The Morgan fingerprint density at radius 3 is 2.60 bits per heavy atom. The standard InChI is InChI=1S/C32H34Cl2FN3O4/c1-17-4-3-5-24(18(17)2)37-30(40)28-32-14-12-25(42-32)26(29(39)36-21-10-11-23(35)22(34)16-21)27(32)31(41)38(28)15-13-19-6-8-20(33)9-7-19/h6-12,14,16-18,24-28H,3-5,13,15H2,1-2H3,(H,36,39)(H,37,40)/t17-,18-,24+,25+,26+,27+,28+,32+/m1/s1. The van der Waals surface area contributed by atoms with Crippen LogP contribution >= 0.6 is 23.2 Å². The molecular weight excluding hydrogens is 580 g/mol. The van der Waals surface area contributed by atoms with E-state index in [1.165, 1.54) is 18.2 Å². The van der Waals surface area contributed by atoms with E-state index in [2.05, 4.69) is 24.5 Å². The molecule has 2 aromatic carbocycles. The molecule has 1 spiro atoms. The first-order valence-corrected chi connectivity index (χ1v) is 15.3. The van der Waals surface area contributed by atoms with Crippen molar-refractivity contribution in [3.63, 3.8) is 0 Å². The van der Waals surface area contributed by atoms with E-state index in [0.29, 0.717) is 29.0 Å². The van der Waals surface area contributed by atoms with Gasteiger partial charge in [-0.3, -0.25) is 14.4 Å². The molecule has 2 aromatic rings. The maximum absolute atomic E-state index is 14.2.